The van der Waals surface area contributed by atoms with Gasteiger partial charge in [-0.05, 0) is 18.1 Å². The topological polar surface area (TPSA) is 93.1 Å². The summed E-state index contributed by atoms with van der Waals surface area (Å²) in [5.41, 5.74) is 0.182. The molecule has 0 radical (unpaired) electrons. The maximum absolute atomic E-state index is 12.3. The van der Waals surface area contributed by atoms with Crippen LogP contribution in [0.1, 0.15) is 23.7 Å². The van der Waals surface area contributed by atoms with Crippen LogP contribution in [-0.2, 0) is 20.7 Å². The zero-order valence-corrected chi connectivity index (χ0v) is 11.1. The van der Waals surface area contributed by atoms with Gasteiger partial charge in [0.1, 0.15) is 5.75 Å². The van der Waals surface area contributed by atoms with Crippen molar-refractivity contribution in [2.24, 2.45) is 0 Å². The van der Waals surface area contributed by atoms with E-state index in [1.807, 2.05) is 0 Å². The number of ether oxygens (including phenoxy) is 2. The molecule has 1 unspecified atom stereocenters. The SMILES string of the molecule is COC(=O)CCc1ccc(C(O)C(=O)O)c(OC(F)F)c1. The number of alkyl halides is 2. The third kappa shape index (κ3) is 4.99. The fourth-order valence-electron chi connectivity index (χ4n) is 1.64. The van der Waals surface area contributed by atoms with E-state index < -0.39 is 30.4 Å². The van der Waals surface area contributed by atoms with Crippen LogP contribution in [0.15, 0.2) is 18.2 Å². The summed E-state index contributed by atoms with van der Waals surface area (Å²) in [5, 5.41) is 18.2. The monoisotopic (exact) mass is 304 g/mol. The number of hydrogen-bond donors (Lipinski definition) is 2. The van der Waals surface area contributed by atoms with Crippen LogP contribution in [0.2, 0.25) is 0 Å². The zero-order valence-electron chi connectivity index (χ0n) is 11.1. The van der Waals surface area contributed by atoms with E-state index in [1.54, 1.807) is 0 Å². The van der Waals surface area contributed by atoms with Crippen molar-refractivity contribution in [1.82, 2.24) is 0 Å². The van der Waals surface area contributed by atoms with Gasteiger partial charge in [-0.2, -0.15) is 8.78 Å². The van der Waals surface area contributed by atoms with Crippen molar-refractivity contribution >= 4 is 11.9 Å². The summed E-state index contributed by atoms with van der Waals surface area (Å²) in [6.45, 7) is -3.17. The van der Waals surface area contributed by atoms with Crippen LogP contribution >= 0.6 is 0 Å². The first-order valence-corrected chi connectivity index (χ1v) is 5.90. The van der Waals surface area contributed by atoms with E-state index in [-0.39, 0.29) is 18.4 Å². The van der Waals surface area contributed by atoms with Crippen LogP contribution in [0.4, 0.5) is 8.78 Å². The number of carboxylic acid groups (broad SMARTS) is 1. The molecule has 1 aromatic carbocycles. The van der Waals surface area contributed by atoms with Gasteiger partial charge in [0.25, 0.3) is 0 Å². The second kappa shape index (κ2) is 7.53. The van der Waals surface area contributed by atoms with Crippen molar-refractivity contribution in [3.8, 4) is 5.75 Å². The third-order valence-electron chi connectivity index (χ3n) is 2.67. The molecule has 0 bridgehead atoms. The second-order valence-corrected chi connectivity index (χ2v) is 4.07. The minimum Gasteiger partial charge on any atom is -0.479 e. The maximum atomic E-state index is 12.3. The van der Waals surface area contributed by atoms with Crippen molar-refractivity contribution in [2.45, 2.75) is 25.6 Å². The highest BCUT2D eigenvalue weighted by molar-refractivity contribution is 5.75. The van der Waals surface area contributed by atoms with E-state index in [0.717, 1.165) is 6.07 Å². The number of carbonyl (C=O) groups excluding carboxylic acids is 1. The number of aliphatic hydroxyl groups is 1. The third-order valence-corrected chi connectivity index (χ3v) is 2.67. The van der Waals surface area contributed by atoms with Crippen molar-refractivity contribution in [3.05, 3.63) is 29.3 Å². The van der Waals surface area contributed by atoms with Crippen molar-refractivity contribution in [3.63, 3.8) is 0 Å². The lowest BCUT2D eigenvalue weighted by atomic mass is 10.0. The van der Waals surface area contributed by atoms with Gasteiger partial charge in [0, 0.05) is 12.0 Å². The minimum absolute atomic E-state index is 0.0332. The summed E-state index contributed by atoms with van der Waals surface area (Å²) in [6.07, 6.45) is -1.74. The summed E-state index contributed by atoms with van der Waals surface area (Å²) in [6, 6.07) is 3.75. The Bertz CT molecular complexity index is 517. The number of methoxy groups -OCH3 is 1. The van der Waals surface area contributed by atoms with E-state index >= 15 is 0 Å². The summed E-state index contributed by atoms with van der Waals surface area (Å²) in [5.74, 6) is -2.50. The molecule has 0 aliphatic heterocycles. The van der Waals surface area contributed by atoms with E-state index in [0.29, 0.717) is 5.56 Å². The predicted octanol–water partition coefficient (Wildman–Crippen LogP) is 1.51. The van der Waals surface area contributed by atoms with E-state index in [2.05, 4.69) is 9.47 Å². The van der Waals surface area contributed by atoms with Gasteiger partial charge in [-0.1, -0.05) is 12.1 Å². The number of aliphatic carboxylic acids is 1. The molecule has 1 rings (SSSR count). The van der Waals surface area contributed by atoms with Crippen molar-refractivity contribution in [2.75, 3.05) is 7.11 Å². The number of rotatable bonds is 7. The molecule has 0 aliphatic rings. The van der Waals surface area contributed by atoms with Gasteiger partial charge in [-0.3, -0.25) is 4.79 Å². The molecule has 2 N–H and O–H groups in total. The average molecular weight is 304 g/mol. The fraction of sp³-hybridized carbons (Fsp3) is 0.385. The smallest absolute Gasteiger partial charge is 0.387 e. The highest BCUT2D eigenvalue weighted by Crippen LogP contribution is 2.28. The van der Waals surface area contributed by atoms with E-state index in [1.165, 1.54) is 19.2 Å². The molecule has 21 heavy (non-hydrogen) atoms. The van der Waals surface area contributed by atoms with Gasteiger partial charge < -0.3 is 19.7 Å². The van der Waals surface area contributed by atoms with E-state index in [4.69, 9.17) is 5.11 Å². The quantitative estimate of drug-likeness (QED) is 0.742. The Morgan fingerprint density at radius 1 is 1.33 bits per heavy atom. The van der Waals surface area contributed by atoms with Gasteiger partial charge in [-0.15, -0.1) is 0 Å². The summed E-state index contributed by atoms with van der Waals surface area (Å²) < 4.78 is 33.3. The molecule has 6 nitrogen and oxygen atoms in total. The van der Waals surface area contributed by atoms with Crippen molar-refractivity contribution < 1.29 is 38.1 Å². The largest absolute Gasteiger partial charge is 0.479 e. The molecule has 1 atom stereocenters. The molecule has 0 heterocycles. The Kier molecular flexibility index (Phi) is 6.04. The summed E-state index contributed by atoms with van der Waals surface area (Å²) >= 11 is 0. The van der Waals surface area contributed by atoms with Gasteiger partial charge in [-0.25, -0.2) is 4.79 Å². The molecule has 0 fully saturated rings. The molecule has 0 saturated heterocycles. The standard InChI is InChI=1S/C13H14F2O6/c1-20-10(16)5-3-7-2-4-8(11(17)12(18)19)9(6-7)21-13(14)15/h2,4,6,11,13,17H,3,5H2,1H3,(H,18,19). The number of benzene rings is 1. The van der Waals surface area contributed by atoms with Gasteiger partial charge >= 0.3 is 18.6 Å². The van der Waals surface area contributed by atoms with Crippen LogP contribution in [0.5, 0.6) is 5.75 Å². The first-order valence-electron chi connectivity index (χ1n) is 5.90. The Labute approximate surface area is 118 Å². The lowest BCUT2D eigenvalue weighted by Gasteiger charge is -2.14. The fourth-order valence-corrected chi connectivity index (χ4v) is 1.64. The predicted molar refractivity (Wildman–Crippen MR) is 66.0 cm³/mol. The number of hydrogen-bond acceptors (Lipinski definition) is 5. The van der Waals surface area contributed by atoms with Gasteiger partial charge in [0.2, 0.25) is 0 Å². The van der Waals surface area contributed by atoms with Gasteiger partial charge in [0.05, 0.1) is 7.11 Å². The molecule has 1 aromatic rings. The minimum atomic E-state index is -3.17. The number of aliphatic hydroxyl groups excluding tert-OH is 1. The number of aryl methyl sites for hydroxylation is 1. The molecular formula is C13H14F2O6. The van der Waals surface area contributed by atoms with E-state index in [9.17, 15) is 23.5 Å². The highest BCUT2D eigenvalue weighted by Gasteiger charge is 2.22. The van der Waals surface area contributed by atoms with Crippen LogP contribution in [0, 0.1) is 0 Å². The van der Waals surface area contributed by atoms with Crippen LogP contribution < -0.4 is 4.74 Å². The lowest BCUT2D eigenvalue weighted by molar-refractivity contribution is -0.147. The lowest BCUT2D eigenvalue weighted by Crippen LogP contribution is -2.14. The normalized spacial score (nSPS) is 12.0. The first kappa shape index (κ1) is 16.8. The molecular weight excluding hydrogens is 290 g/mol. The molecule has 0 aromatic heterocycles. The Morgan fingerprint density at radius 3 is 2.52 bits per heavy atom. The summed E-state index contributed by atoms with van der Waals surface area (Å²) in [7, 11) is 1.22. The Balaban J connectivity index is 3.00. The first-order chi connectivity index (χ1) is 9.85. The number of carbonyl (C=O) groups is 2. The Hall–Kier alpha value is -2.22. The molecule has 0 spiro atoms. The zero-order chi connectivity index (χ0) is 16.0. The molecule has 0 aliphatic carbocycles. The number of esters is 1. The molecule has 0 amide bonds. The van der Waals surface area contributed by atoms with Gasteiger partial charge in [0.15, 0.2) is 6.10 Å². The highest BCUT2D eigenvalue weighted by atomic mass is 19.3. The van der Waals surface area contributed by atoms with Crippen molar-refractivity contribution in [1.29, 1.82) is 0 Å². The van der Waals surface area contributed by atoms with Crippen LogP contribution in [0.25, 0.3) is 0 Å². The summed E-state index contributed by atoms with van der Waals surface area (Å²) in [4.78, 5) is 21.7. The number of carboxylic acids is 1. The molecule has 8 heteroatoms. The van der Waals surface area contributed by atoms with Crippen LogP contribution in [-0.4, -0.2) is 35.9 Å². The average Bonchev–Trinajstić information content (AvgIpc) is 2.43. The number of halogens is 2. The van der Waals surface area contributed by atoms with Crippen LogP contribution in [0.3, 0.4) is 0 Å². The Morgan fingerprint density at radius 2 is 2.00 bits per heavy atom. The molecule has 116 valence electrons. The maximum Gasteiger partial charge on any atom is 0.387 e. The molecule has 0 saturated carbocycles. The second-order valence-electron chi connectivity index (χ2n) is 4.07.